The van der Waals surface area contributed by atoms with Gasteiger partial charge in [-0.25, -0.2) is 4.98 Å². The van der Waals surface area contributed by atoms with Crippen LogP contribution in [0.4, 0.5) is 0 Å². The number of carbonyl (C=O) groups excluding carboxylic acids is 1. The van der Waals surface area contributed by atoms with Crippen LogP contribution in [0.3, 0.4) is 0 Å². The number of methoxy groups -OCH3 is 1. The Labute approximate surface area is 152 Å². The van der Waals surface area contributed by atoms with E-state index in [2.05, 4.69) is 9.97 Å². The summed E-state index contributed by atoms with van der Waals surface area (Å²) in [6.45, 7) is 3.05. The molecule has 0 radical (unpaired) electrons. The number of piperidine rings is 1. The average molecular weight is 357 g/mol. The second-order valence-electron chi connectivity index (χ2n) is 6.10. The van der Waals surface area contributed by atoms with Crippen molar-refractivity contribution < 1.29 is 19.0 Å². The van der Waals surface area contributed by atoms with Gasteiger partial charge in [0.1, 0.15) is 11.9 Å². The molecule has 1 saturated heterocycles. The molecule has 7 heteroatoms. The average Bonchev–Trinajstić information content (AvgIpc) is 2.69. The van der Waals surface area contributed by atoms with Gasteiger partial charge in [-0.1, -0.05) is 18.2 Å². The summed E-state index contributed by atoms with van der Waals surface area (Å²) in [5.41, 5.74) is 0. The molecule has 0 saturated carbocycles. The van der Waals surface area contributed by atoms with Crippen molar-refractivity contribution in [3.63, 3.8) is 0 Å². The number of para-hydroxylation sites is 1. The molecule has 1 aromatic carbocycles. The molecule has 0 bridgehead atoms. The maximum atomic E-state index is 12.6. The van der Waals surface area contributed by atoms with Crippen molar-refractivity contribution in [2.24, 2.45) is 0 Å². The van der Waals surface area contributed by atoms with Gasteiger partial charge in [0.05, 0.1) is 7.11 Å². The lowest BCUT2D eigenvalue weighted by atomic mass is 10.1. The molecular formula is C19H23N3O4. The van der Waals surface area contributed by atoms with Gasteiger partial charge in [0.15, 0.2) is 6.10 Å². The van der Waals surface area contributed by atoms with E-state index in [-0.39, 0.29) is 18.0 Å². The van der Waals surface area contributed by atoms with Crippen LogP contribution in [0.5, 0.6) is 17.6 Å². The van der Waals surface area contributed by atoms with Gasteiger partial charge in [-0.15, -0.1) is 0 Å². The number of likely N-dealkylation sites (tertiary alicyclic amines) is 1. The molecule has 2 aromatic rings. The molecule has 26 heavy (non-hydrogen) atoms. The Morgan fingerprint density at radius 3 is 2.62 bits per heavy atom. The van der Waals surface area contributed by atoms with Gasteiger partial charge in [-0.05, 0) is 19.1 Å². The smallest absolute Gasteiger partial charge is 0.319 e. The standard InChI is InChI=1S/C19H23N3O4/c1-14(25-15-6-4-3-5-7-15)18(23)22-12-9-16(10-13-22)26-17-8-11-20-19(21-17)24-2/h3-8,11,14,16H,9-10,12-13H2,1-2H3. The first-order chi connectivity index (χ1) is 12.7. The zero-order valence-electron chi connectivity index (χ0n) is 15.0. The summed E-state index contributed by atoms with van der Waals surface area (Å²) >= 11 is 0. The van der Waals surface area contributed by atoms with Crippen molar-refractivity contribution >= 4 is 5.91 Å². The molecule has 1 fully saturated rings. The van der Waals surface area contributed by atoms with Gasteiger partial charge < -0.3 is 19.1 Å². The number of aromatic nitrogens is 2. The Morgan fingerprint density at radius 1 is 1.19 bits per heavy atom. The first-order valence-electron chi connectivity index (χ1n) is 8.70. The number of amides is 1. The molecule has 138 valence electrons. The highest BCUT2D eigenvalue weighted by molar-refractivity contribution is 5.81. The van der Waals surface area contributed by atoms with Crippen LogP contribution in [0, 0.1) is 0 Å². The molecule has 0 spiro atoms. The van der Waals surface area contributed by atoms with E-state index in [1.54, 1.807) is 19.2 Å². The van der Waals surface area contributed by atoms with Crippen LogP contribution >= 0.6 is 0 Å². The Bertz CT molecular complexity index is 718. The minimum atomic E-state index is -0.513. The number of hydrogen-bond donors (Lipinski definition) is 0. The molecule has 1 unspecified atom stereocenters. The van der Waals surface area contributed by atoms with E-state index in [1.165, 1.54) is 7.11 Å². The van der Waals surface area contributed by atoms with Crippen molar-refractivity contribution in [3.05, 3.63) is 42.6 Å². The molecule has 1 aliphatic heterocycles. The fourth-order valence-electron chi connectivity index (χ4n) is 2.86. The zero-order chi connectivity index (χ0) is 18.4. The third-order valence-electron chi connectivity index (χ3n) is 4.24. The van der Waals surface area contributed by atoms with Crippen molar-refractivity contribution in [2.75, 3.05) is 20.2 Å². The first-order valence-corrected chi connectivity index (χ1v) is 8.70. The van der Waals surface area contributed by atoms with Crippen LogP contribution < -0.4 is 14.2 Å². The lowest BCUT2D eigenvalue weighted by Gasteiger charge is -2.33. The molecule has 1 aliphatic rings. The predicted molar refractivity (Wildman–Crippen MR) is 95.3 cm³/mol. The molecule has 2 heterocycles. The monoisotopic (exact) mass is 357 g/mol. The van der Waals surface area contributed by atoms with Gasteiger partial charge in [0.25, 0.3) is 5.91 Å². The summed E-state index contributed by atoms with van der Waals surface area (Å²) in [5, 5.41) is 0. The number of hydrogen-bond acceptors (Lipinski definition) is 6. The zero-order valence-corrected chi connectivity index (χ0v) is 15.0. The van der Waals surface area contributed by atoms with Gasteiger partial charge >= 0.3 is 6.01 Å². The van der Waals surface area contributed by atoms with E-state index in [1.807, 2.05) is 35.2 Å². The van der Waals surface area contributed by atoms with Crippen LogP contribution in [0.1, 0.15) is 19.8 Å². The van der Waals surface area contributed by atoms with Crippen LogP contribution in [0.25, 0.3) is 0 Å². The van der Waals surface area contributed by atoms with E-state index in [9.17, 15) is 4.79 Å². The summed E-state index contributed by atoms with van der Waals surface area (Å²) in [6, 6.07) is 11.4. The predicted octanol–water partition coefficient (Wildman–Crippen LogP) is 2.32. The fraction of sp³-hybridized carbons (Fsp3) is 0.421. The maximum Gasteiger partial charge on any atom is 0.319 e. The van der Waals surface area contributed by atoms with E-state index in [0.29, 0.717) is 24.7 Å². The molecule has 1 atom stereocenters. The Hall–Kier alpha value is -2.83. The van der Waals surface area contributed by atoms with Crippen molar-refractivity contribution in [3.8, 4) is 17.6 Å². The summed E-state index contributed by atoms with van der Waals surface area (Å²) < 4.78 is 16.6. The van der Waals surface area contributed by atoms with Crippen molar-refractivity contribution in [1.82, 2.24) is 14.9 Å². The number of ether oxygens (including phenoxy) is 3. The lowest BCUT2D eigenvalue weighted by Crippen LogP contribution is -2.46. The minimum Gasteiger partial charge on any atom is -0.481 e. The van der Waals surface area contributed by atoms with E-state index in [0.717, 1.165) is 12.8 Å². The molecule has 0 aliphatic carbocycles. The fourth-order valence-corrected chi connectivity index (χ4v) is 2.86. The Kier molecular flexibility index (Phi) is 5.88. The van der Waals surface area contributed by atoms with E-state index >= 15 is 0 Å². The van der Waals surface area contributed by atoms with Crippen molar-refractivity contribution in [2.45, 2.75) is 32.0 Å². The highest BCUT2D eigenvalue weighted by Gasteiger charge is 2.28. The number of nitrogens with zero attached hydrogens (tertiary/aromatic N) is 3. The van der Waals surface area contributed by atoms with Crippen LogP contribution in [0.2, 0.25) is 0 Å². The third kappa shape index (κ3) is 4.62. The Balaban J connectivity index is 1.48. The van der Waals surface area contributed by atoms with Crippen LogP contribution in [-0.4, -0.2) is 53.2 Å². The summed E-state index contributed by atoms with van der Waals surface area (Å²) in [4.78, 5) is 22.5. The van der Waals surface area contributed by atoms with Gasteiger partial charge in [-0.2, -0.15) is 4.98 Å². The quantitative estimate of drug-likeness (QED) is 0.790. The summed E-state index contributed by atoms with van der Waals surface area (Å²) in [6.07, 6.45) is 2.60. The maximum absolute atomic E-state index is 12.6. The van der Waals surface area contributed by atoms with E-state index < -0.39 is 6.10 Å². The topological polar surface area (TPSA) is 73.8 Å². The molecule has 1 amide bonds. The van der Waals surface area contributed by atoms with Gasteiger partial charge in [0.2, 0.25) is 5.88 Å². The third-order valence-corrected chi connectivity index (χ3v) is 4.24. The second-order valence-corrected chi connectivity index (χ2v) is 6.10. The van der Waals surface area contributed by atoms with E-state index in [4.69, 9.17) is 14.2 Å². The molecule has 3 rings (SSSR count). The van der Waals surface area contributed by atoms with Crippen LogP contribution in [-0.2, 0) is 4.79 Å². The lowest BCUT2D eigenvalue weighted by molar-refractivity contribution is -0.139. The SMILES string of the molecule is COc1nccc(OC2CCN(C(=O)C(C)Oc3ccccc3)CC2)n1. The highest BCUT2D eigenvalue weighted by Crippen LogP contribution is 2.20. The first kappa shape index (κ1) is 18.0. The molecule has 0 N–H and O–H groups in total. The highest BCUT2D eigenvalue weighted by atomic mass is 16.5. The van der Waals surface area contributed by atoms with Gasteiger partial charge in [-0.3, -0.25) is 4.79 Å². The molecule has 1 aromatic heterocycles. The second kappa shape index (κ2) is 8.51. The molecule has 7 nitrogen and oxygen atoms in total. The largest absolute Gasteiger partial charge is 0.481 e. The number of carbonyl (C=O) groups is 1. The Morgan fingerprint density at radius 2 is 1.92 bits per heavy atom. The number of benzene rings is 1. The minimum absolute atomic E-state index is 0.00370. The normalized spacial score (nSPS) is 16.0. The summed E-state index contributed by atoms with van der Waals surface area (Å²) in [5.74, 6) is 1.18. The van der Waals surface area contributed by atoms with Gasteiger partial charge in [0, 0.05) is 38.2 Å². The number of rotatable bonds is 6. The summed E-state index contributed by atoms with van der Waals surface area (Å²) in [7, 11) is 1.52. The van der Waals surface area contributed by atoms with Crippen LogP contribution in [0.15, 0.2) is 42.6 Å². The molecular weight excluding hydrogens is 334 g/mol. The van der Waals surface area contributed by atoms with Crippen molar-refractivity contribution in [1.29, 1.82) is 0 Å².